The zero-order valence-corrected chi connectivity index (χ0v) is 9.86. The van der Waals surface area contributed by atoms with Crippen LogP contribution in [0.25, 0.3) is 0 Å². The molecule has 0 fully saturated rings. The number of carbonyl (C=O) groups excluding carboxylic acids is 1. The van der Waals surface area contributed by atoms with Gasteiger partial charge in [-0.3, -0.25) is 9.78 Å². The molecule has 0 aliphatic rings. The average Bonchev–Trinajstić information content (AvgIpc) is 2.37. The summed E-state index contributed by atoms with van der Waals surface area (Å²) in [5, 5.41) is 2.46. The number of nitrogens with zero attached hydrogens (tertiary/aromatic N) is 1. The van der Waals surface area contributed by atoms with Crippen molar-refractivity contribution in [2.75, 3.05) is 11.1 Å². The van der Waals surface area contributed by atoms with Gasteiger partial charge in [0.25, 0.3) is 0 Å². The minimum absolute atomic E-state index is 0.0271. The summed E-state index contributed by atoms with van der Waals surface area (Å²) >= 11 is 0. The molecule has 0 saturated heterocycles. The van der Waals surface area contributed by atoms with Crippen molar-refractivity contribution in [3.05, 3.63) is 53.9 Å². The summed E-state index contributed by atoms with van der Waals surface area (Å²) < 4.78 is 25.7. The smallest absolute Gasteiger partial charge is 0.230 e. The standard InChI is InChI=1S/C13H11F2N3O/c14-11-4-3-10(5-12(11)15)18-13(19)6-9-2-1-8(16)7-17-9/h1-5,7H,6,16H2,(H,18,19). The van der Waals surface area contributed by atoms with Gasteiger partial charge in [-0.05, 0) is 24.3 Å². The van der Waals surface area contributed by atoms with Gasteiger partial charge in [0, 0.05) is 17.4 Å². The van der Waals surface area contributed by atoms with Crippen molar-refractivity contribution in [3.8, 4) is 0 Å². The van der Waals surface area contributed by atoms with Crippen molar-refractivity contribution < 1.29 is 13.6 Å². The number of carbonyl (C=O) groups is 1. The molecule has 3 N–H and O–H groups in total. The van der Waals surface area contributed by atoms with Gasteiger partial charge in [-0.1, -0.05) is 0 Å². The zero-order chi connectivity index (χ0) is 13.8. The van der Waals surface area contributed by atoms with Crippen LogP contribution in [-0.2, 0) is 11.2 Å². The van der Waals surface area contributed by atoms with E-state index in [1.54, 1.807) is 12.1 Å². The molecule has 0 radical (unpaired) electrons. The Hall–Kier alpha value is -2.50. The lowest BCUT2D eigenvalue weighted by Crippen LogP contribution is -2.15. The fourth-order valence-electron chi connectivity index (χ4n) is 1.48. The first-order valence-corrected chi connectivity index (χ1v) is 5.50. The summed E-state index contributed by atoms with van der Waals surface area (Å²) in [5.41, 5.74) is 6.71. The Balaban J connectivity index is 2.01. The summed E-state index contributed by atoms with van der Waals surface area (Å²) in [6, 6.07) is 6.41. The molecule has 1 aromatic heterocycles. The maximum atomic E-state index is 12.9. The van der Waals surface area contributed by atoms with Crippen LogP contribution in [0, 0.1) is 11.6 Å². The molecule has 1 amide bonds. The number of aromatic nitrogens is 1. The van der Waals surface area contributed by atoms with E-state index in [1.165, 1.54) is 12.3 Å². The highest BCUT2D eigenvalue weighted by molar-refractivity contribution is 5.92. The summed E-state index contributed by atoms with van der Waals surface area (Å²) in [6.45, 7) is 0. The molecule has 1 heterocycles. The van der Waals surface area contributed by atoms with E-state index < -0.39 is 11.6 Å². The van der Waals surface area contributed by atoms with Crippen LogP contribution < -0.4 is 11.1 Å². The Labute approximate surface area is 108 Å². The fourth-order valence-corrected chi connectivity index (χ4v) is 1.48. The first-order chi connectivity index (χ1) is 9.04. The molecule has 0 spiro atoms. The van der Waals surface area contributed by atoms with E-state index in [4.69, 9.17) is 5.73 Å². The molecule has 0 aliphatic heterocycles. The molecule has 19 heavy (non-hydrogen) atoms. The molecule has 0 saturated carbocycles. The maximum absolute atomic E-state index is 12.9. The predicted octanol–water partition coefficient (Wildman–Crippen LogP) is 2.12. The predicted molar refractivity (Wildman–Crippen MR) is 67.3 cm³/mol. The molecule has 1 aromatic carbocycles. The first kappa shape index (κ1) is 12.9. The molecule has 0 unspecified atom stereocenters. The van der Waals surface area contributed by atoms with E-state index in [-0.39, 0.29) is 18.0 Å². The largest absolute Gasteiger partial charge is 0.397 e. The van der Waals surface area contributed by atoms with Crippen LogP contribution in [-0.4, -0.2) is 10.9 Å². The second-order valence-electron chi connectivity index (χ2n) is 3.94. The Morgan fingerprint density at radius 2 is 2.00 bits per heavy atom. The van der Waals surface area contributed by atoms with E-state index in [1.807, 2.05) is 0 Å². The third kappa shape index (κ3) is 3.48. The lowest BCUT2D eigenvalue weighted by Gasteiger charge is -2.05. The SMILES string of the molecule is Nc1ccc(CC(=O)Nc2ccc(F)c(F)c2)nc1. The highest BCUT2D eigenvalue weighted by atomic mass is 19.2. The van der Waals surface area contributed by atoms with Crippen molar-refractivity contribution in [3.63, 3.8) is 0 Å². The van der Waals surface area contributed by atoms with Gasteiger partial charge in [0.05, 0.1) is 18.3 Å². The normalized spacial score (nSPS) is 10.2. The second kappa shape index (κ2) is 5.43. The molecule has 6 heteroatoms. The number of hydrogen-bond acceptors (Lipinski definition) is 3. The number of pyridine rings is 1. The van der Waals surface area contributed by atoms with Gasteiger partial charge in [-0.15, -0.1) is 0 Å². The number of halogens is 2. The van der Waals surface area contributed by atoms with Crippen LogP contribution in [0.2, 0.25) is 0 Å². The third-order valence-corrected chi connectivity index (χ3v) is 2.39. The maximum Gasteiger partial charge on any atom is 0.230 e. The van der Waals surface area contributed by atoms with E-state index in [9.17, 15) is 13.6 Å². The monoisotopic (exact) mass is 263 g/mol. The number of anilines is 2. The summed E-state index contributed by atoms with van der Waals surface area (Å²) in [7, 11) is 0. The Morgan fingerprint density at radius 1 is 1.21 bits per heavy atom. The van der Waals surface area contributed by atoms with Gasteiger partial charge >= 0.3 is 0 Å². The van der Waals surface area contributed by atoms with Crippen LogP contribution in [0.15, 0.2) is 36.5 Å². The molecule has 2 rings (SSSR count). The molecule has 2 aromatic rings. The number of nitrogens with two attached hydrogens (primary N) is 1. The molecular weight excluding hydrogens is 252 g/mol. The van der Waals surface area contributed by atoms with Crippen molar-refractivity contribution in [2.24, 2.45) is 0 Å². The average molecular weight is 263 g/mol. The molecule has 0 atom stereocenters. The van der Waals surface area contributed by atoms with Crippen LogP contribution >= 0.6 is 0 Å². The topological polar surface area (TPSA) is 68.0 Å². The number of nitrogens with one attached hydrogen (secondary N) is 1. The number of hydrogen-bond donors (Lipinski definition) is 2. The van der Waals surface area contributed by atoms with Crippen molar-refractivity contribution >= 4 is 17.3 Å². The number of rotatable bonds is 3. The summed E-state index contributed by atoms with van der Waals surface area (Å²) in [5.74, 6) is -2.34. The van der Waals surface area contributed by atoms with Crippen LogP contribution in [0.5, 0.6) is 0 Å². The summed E-state index contributed by atoms with van der Waals surface area (Å²) in [4.78, 5) is 15.6. The van der Waals surface area contributed by atoms with Gasteiger partial charge in [-0.25, -0.2) is 8.78 Å². The van der Waals surface area contributed by atoms with Gasteiger partial charge < -0.3 is 11.1 Å². The second-order valence-corrected chi connectivity index (χ2v) is 3.94. The van der Waals surface area contributed by atoms with Crippen molar-refractivity contribution in [1.29, 1.82) is 0 Å². The zero-order valence-electron chi connectivity index (χ0n) is 9.86. The number of nitrogen functional groups attached to an aromatic ring is 1. The van der Waals surface area contributed by atoms with Crippen molar-refractivity contribution in [1.82, 2.24) is 4.98 Å². The van der Waals surface area contributed by atoms with Crippen LogP contribution in [0.3, 0.4) is 0 Å². The quantitative estimate of drug-likeness (QED) is 0.891. The molecule has 4 nitrogen and oxygen atoms in total. The Bertz CT molecular complexity index is 599. The third-order valence-electron chi connectivity index (χ3n) is 2.39. The van der Waals surface area contributed by atoms with Gasteiger partial charge in [0.2, 0.25) is 5.91 Å². The molecule has 98 valence electrons. The molecule has 0 aliphatic carbocycles. The first-order valence-electron chi connectivity index (χ1n) is 5.50. The highest BCUT2D eigenvalue weighted by Gasteiger charge is 2.07. The van der Waals surface area contributed by atoms with Crippen molar-refractivity contribution in [2.45, 2.75) is 6.42 Å². The molecule has 0 bridgehead atoms. The van der Waals surface area contributed by atoms with E-state index in [0.717, 1.165) is 12.1 Å². The van der Waals surface area contributed by atoms with E-state index in [2.05, 4.69) is 10.3 Å². The molecular formula is C13H11F2N3O. The minimum Gasteiger partial charge on any atom is -0.397 e. The Kier molecular flexibility index (Phi) is 3.70. The van der Waals surface area contributed by atoms with Crippen LogP contribution in [0.4, 0.5) is 20.2 Å². The fraction of sp³-hybridized carbons (Fsp3) is 0.0769. The van der Waals surface area contributed by atoms with Gasteiger partial charge in [0.1, 0.15) is 0 Å². The lowest BCUT2D eigenvalue weighted by molar-refractivity contribution is -0.115. The Morgan fingerprint density at radius 3 is 2.63 bits per heavy atom. The van der Waals surface area contributed by atoms with Gasteiger partial charge in [-0.2, -0.15) is 0 Å². The van der Waals surface area contributed by atoms with E-state index >= 15 is 0 Å². The minimum atomic E-state index is -1.01. The summed E-state index contributed by atoms with van der Waals surface area (Å²) in [6.07, 6.45) is 1.47. The highest BCUT2D eigenvalue weighted by Crippen LogP contribution is 2.13. The lowest BCUT2D eigenvalue weighted by atomic mass is 10.2. The van der Waals surface area contributed by atoms with Gasteiger partial charge in [0.15, 0.2) is 11.6 Å². The number of amides is 1. The number of benzene rings is 1. The van der Waals surface area contributed by atoms with Crippen LogP contribution in [0.1, 0.15) is 5.69 Å². The van der Waals surface area contributed by atoms with E-state index in [0.29, 0.717) is 11.4 Å².